The molecule has 4 aromatic carbocycles. The van der Waals surface area contributed by atoms with Gasteiger partial charge in [-0.25, -0.2) is 4.79 Å². The smallest absolute Gasteiger partial charge is 0.337 e. The van der Waals surface area contributed by atoms with Gasteiger partial charge in [0.05, 0.1) is 32.9 Å². The van der Waals surface area contributed by atoms with Crippen LogP contribution in [0.3, 0.4) is 0 Å². The fourth-order valence-corrected chi connectivity index (χ4v) is 5.00. The third kappa shape index (κ3) is 4.75. The molecule has 0 spiro atoms. The molecule has 1 heterocycles. The zero-order chi connectivity index (χ0) is 26.6. The Bertz CT molecular complexity index is 1470. The monoisotopic (exact) mass is 511 g/mol. The van der Waals surface area contributed by atoms with Gasteiger partial charge < -0.3 is 23.8 Å². The zero-order valence-electron chi connectivity index (χ0n) is 21.6. The minimum atomic E-state index is -0.411. The van der Waals surface area contributed by atoms with Crippen LogP contribution >= 0.6 is 0 Å². The molecule has 5 rings (SSSR count). The normalized spacial score (nSPS) is 14.5. The first-order chi connectivity index (χ1) is 18.5. The molecule has 0 saturated heterocycles. The number of carbonyl (C=O) groups is 2. The van der Waals surface area contributed by atoms with Crippen molar-refractivity contribution in [2.45, 2.75) is 12.5 Å². The highest BCUT2D eigenvalue weighted by atomic mass is 16.5. The van der Waals surface area contributed by atoms with Crippen molar-refractivity contribution in [3.63, 3.8) is 0 Å². The van der Waals surface area contributed by atoms with Crippen molar-refractivity contribution in [2.24, 2.45) is 0 Å². The number of fused-ring (bicyclic) bond motifs is 2. The van der Waals surface area contributed by atoms with E-state index in [0.717, 1.165) is 21.9 Å². The van der Waals surface area contributed by atoms with Crippen molar-refractivity contribution < 1.29 is 28.5 Å². The SMILES string of the molecule is COC(=O)c1ccc(OCC2c3cc(OC)c(OC)cc3CCN2C(=O)c2cccc3ccccc23)cc1. The number of hydrogen-bond acceptors (Lipinski definition) is 6. The van der Waals surface area contributed by atoms with Gasteiger partial charge in [-0.3, -0.25) is 4.79 Å². The summed E-state index contributed by atoms with van der Waals surface area (Å²) >= 11 is 0. The van der Waals surface area contributed by atoms with Gasteiger partial charge in [0.2, 0.25) is 0 Å². The molecule has 0 fully saturated rings. The Balaban J connectivity index is 1.51. The van der Waals surface area contributed by atoms with Crippen molar-refractivity contribution in [1.82, 2.24) is 4.90 Å². The van der Waals surface area contributed by atoms with Crippen LogP contribution in [0.15, 0.2) is 78.9 Å². The average Bonchev–Trinajstić information content (AvgIpc) is 2.98. The summed E-state index contributed by atoms with van der Waals surface area (Å²) in [5, 5.41) is 1.93. The molecule has 7 nitrogen and oxygen atoms in total. The molecule has 0 radical (unpaired) electrons. The number of esters is 1. The molecule has 1 unspecified atom stereocenters. The lowest BCUT2D eigenvalue weighted by molar-refractivity contribution is 0.0584. The lowest BCUT2D eigenvalue weighted by Crippen LogP contribution is -2.42. The van der Waals surface area contributed by atoms with Gasteiger partial charge in [0.25, 0.3) is 5.91 Å². The highest BCUT2D eigenvalue weighted by Gasteiger charge is 2.34. The summed E-state index contributed by atoms with van der Waals surface area (Å²) < 4.78 is 22.1. The average molecular weight is 512 g/mol. The molecule has 1 amide bonds. The first-order valence-corrected chi connectivity index (χ1v) is 12.4. The first kappa shape index (κ1) is 25.1. The second kappa shape index (κ2) is 10.8. The van der Waals surface area contributed by atoms with Crippen LogP contribution in [0.1, 0.15) is 37.9 Å². The number of amides is 1. The Morgan fingerprint density at radius 3 is 2.32 bits per heavy atom. The maximum Gasteiger partial charge on any atom is 0.337 e. The van der Waals surface area contributed by atoms with Crippen molar-refractivity contribution in [1.29, 1.82) is 0 Å². The predicted octanol–water partition coefficient (Wildman–Crippen LogP) is 5.46. The van der Waals surface area contributed by atoms with Gasteiger partial charge in [0.15, 0.2) is 11.5 Å². The maximum atomic E-state index is 14.0. The summed E-state index contributed by atoms with van der Waals surface area (Å²) in [4.78, 5) is 27.7. The molecule has 4 aromatic rings. The van der Waals surface area contributed by atoms with Crippen LogP contribution in [0.25, 0.3) is 10.8 Å². The third-order valence-electron chi connectivity index (χ3n) is 6.97. The van der Waals surface area contributed by atoms with Crippen LogP contribution < -0.4 is 14.2 Å². The van der Waals surface area contributed by atoms with E-state index in [2.05, 4.69) is 0 Å². The summed E-state index contributed by atoms with van der Waals surface area (Å²) in [6.07, 6.45) is 0.677. The Hall–Kier alpha value is -4.52. The highest BCUT2D eigenvalue weighted by Crippen LogP contribution is 2.39. The number of nitrogens with zero attached hydrogens (tertiary/aromatic N) is 1. The topological polar surface area (TPSA) is 74.3 Å². The summed E-state index contributed by atoms with van der Waals surface area (Å²) in [5.74, 6) is 1.36. The zero-order valence-corrected chi connectivity index (χ0v) is 21.6. The van der Waals surface area contributed by atoms with E-state index in [-0.39, 0.29) is 18.6 Å². The van der Waals surface area contributed by atoms with Gasteiger partial charge in [0, 0.05) is 12.1 Å². The van der Waals surface area contributed by atoms with Crippen LogP contribution in [-0.2, 0) is 11.2 Å². The number of methoxy groups -OCH3 is 3. The molecule has 1 aliphatic rings. The van der Waals surface area contributed by atoms with Crippen molar-refractivity contribution in [2.75, 3.05) is 34.5 Å². The largest absolute Gasteiger partial charge is 0.493 e. The fourth-order valence-electron chi connectivity index (χ4n) is 5.00. The molecule has 0 aliphatic carbocycles. The van der Waals surface area contributed by atoms with E-state index in [1.54, 1.807) is 38.5 Å². The van der Waals surface area contributed by atoms with E-state index < -0.39 is 5.97 Å². The molecule has 0 bridgehead atoms. The third-order valence-corrected chi connectivity index (χ3v) is 6.97. The number of rotatable bonds is 7. The molecular formula is C31H29NO6. The Labute approximate surface area is 221 Å². The molecule has 38 heavy (non-hydrogen) atoms. The summed E-state index contributed by atoms with van der Waals surface area (Å²) in [6, 6.07) is 24.0. The molecule has 0 saturated carbocycles. The summed E-state index contributed by atoms with van der Waals surface area (Å²) in [7, 11) is 4.56. The lowest BCUT2D eigenvalue weighted by atomic mass is 9.91. The number of hydrogen-bond donors (Lipinski definition) is 0. The van der Waals surface area contributed by atoms with E-state index in [0.29, 0.717) is 41.3 Å². The van der Waals surface area contributed by atoms with Crippen LogP contribution in [-0.4, -0.2) is 51.3 Å². The molecule has 0 aromatic heterocycles. The quantitative estimate of drug-likeness (QED) is 0.307. The Morgan fingerprint density at radius 2 is 1.58 bits per heavy atom. The maximum absolute atomic E-state index is 14.0. The van der Waals surface area contributed by atoms with Gasteiger partial charge >= 0.3 is 5.97 Å². The van der Waals surface area contributed by atoms with Gasteiger partial charge in [-0.15, -0.1) is 0 Å². The molecule has 1 aliphatic heterocycles. The molecule has 1 atom stereocenters. The lowest BCUT2D eigenvalue weighted by Gasteiger charge is -2.38. The minimum Gasteiger partial charge on any atom is -0.493 e. The standard InChI is InChI=1S/C31H29NO6/c1-35-28-17-22-15-16-32(30(33)25-10-6-8-20-7-4-5-9-24(20)25)27(26(22)18-29(28)36-2)19-38-23-13-11-21(12-14-23)31(34)37-3/h4-14,17-18,27H,15-16,19H2,1-3H3. The fraction of sp³-hybridized carbons (Fsp3) is 0.226. The van der Waals surface area contributed by atoms with E-state index >= 15 is 0 Å². The Kier molecular flexibility index (Phi) is 7.18. The van der Waals surface area contributed by atoms with Gasteiger partial charge in [0.1, 0.15) is 12.4 Å². The van der Waals surface area contributed by atoms with E-state index in [1.165, 1.54) is 7.11 Å². The Morgan fingerprint density at radius 1 is 0.868 bits per heavy atom. The van der Waals surface area contributed by atoms with E-state index in [9.17, 15) is 9.59 Å². The van der Waals surface area contributed by atoms with E-state index in [1.807, 2.05) is 59.5 Å². The number of carbonyl (C=O) groups excluding carboxylic acids is 2. The molecular weight excluding hydrogens is 482 g/mol. The van der Waals surface area contributed by atoms with Crippen LogP contribution in [0, 0.1) is 0 Å². The second-order valence-electron chi connectivity index (χ2n) is 9.02. The van der Waals surface area contributed by atoms with E-state index in [4.69, 9.17) is 18.9 Å². The summed E-state index contributed by atoms with van der Waals surface area (Å²) in [6.45, 7) is 0.746. The number of benzene rings is 4. The minimum absolute atomic E-state index is 0.0584. The predicted molar refractivity (Wildman–Crippen MR) is 144 cm³/mol. The highest BCUT2D eigenvalue weighted by molar-refractivity contribution is 6.07. The molecule has 7 heteroatoms. The second-order valence-corrected chi connectivity index (χ2v) is 9.02. The number of ether oxygens (including phenoxy) is 4. The van der Waals surface area contributed by atoms with Crippen LogP contribution in [0.5, 0.6) is 17.2 Å². The molecule has 194 valence electrons. The van der Waals surface area contributed by atoms with Crippen molar-refractivity contribution in [3.8, 4) is 17.2 Å². The van der Waals surface area contributed by atoms with Crippen molar-refractivity contribution in [3.05, 3.63) is 101 Å². The van der Waals surface area contributed by atoms with Crippen LogP contribution in [0.2, 0.25) is 0 Å². The van der Waals surface area contributed by atoms with Gasteiger partial charge in [-0.05, 0) is 70.8 Å². The first-order valence-electron chi connectivity index (χ1n) is 12.4. The summed E-state index contributed by atoms with van der Waals surface area (Å²) in [5.41, 5.74) is 3.12. The van der Waals surface area contributed by atoms with Gasteiger partial charge in [-0.1, -0.05) is 36.4 Å². The van der Waals surface area contributed by atoms with Gasteiger partial charge in [-0.2, -0.15) is 0 Å². The molecule has 0 N–H and O–H groups in total. The van der Waals surface area contributed by atoms with Crippen molar-refractivity contribution >= 4 is 22.6 Å². The van der Waals surface area contributed by atoms with Crippen LogP contribution in [0.4, 0.5) is 0 Å².